The van der Waals surface area contributed by atoms with Gasteiger partial charge in [-0.2, -0.15) is 0 Å². The van der Waals surface area contributed by atoms with Crippen LogP contribution in [0.4, 0.5) is 0 Å². The van der Waals surface area contributed by atoms with Gasteiger partial charge in [-0.25, -0.2) is 0 Å². The molecule has 2 fully saturated rings. The van der Waals surface area contributed by atoms with Gasteiger partial charge < -0.3 is 5.32 Å². The quantitative estimate of drug-likeness (QED) is 0.837. The highest BCUT2D eigenvalue weighted by Gasteiger charge is 2.33. The third kappa shape index (κ3) is 2.12. The maximum Gasteiger partial charge on any atom is 0.0303 e. The molecule has 1 heterocycles. The number of rotatable bonds is 4. The van der Waals surface area contributed by atoms with Crippen LogP contribution < -0.4 is 5.32 Å². The number of aromatic nitrogens is 1. The maximum absolute atomic E-state index is 4.31. The number of nitrogens with one attached hydrogen (secondary N) is 1. The second-order valence-corrected chi connectivity index (χ2v) is 5.42. The summed E-state index contributed by atoms with van der Waals surface area (Å²) < 4.78 is 0. The molecule has 1 N–H and O–H groups in total. The Morgan fingerprint density at radius 1 is 1.25 bits per heavy atom. The van der Waals surface area contributed by atoms with Crippen molar-refractivity contribution in [1.82, 2.24) is 10.3 Å². The predicted octanol–water partition coefficient (Wildman–Crippen LogP) is 2.64. The van der Waals surface area contributed by atoms with Crippen molar-refractivity contribution in [2.75, 3.05) is 6.54 Å². The fraction of sp³-hybridized carbons (Fsp3) is 0.643. The summed E-state index contributed by atoms with van der Waals surface area (Å²) in [4.78, 5) is 4.31. The van der Waals surface area contributed by atoms with E-state index in [0.717, 1.165) is 17.9 Å². The van der Waals surface area contributed by atoms with Gasteiger partial charge in [0.2, 0.25) is 0 Å². The summed E-state index contributed by atoms with van der Waals surface area (Å²) in [5.41, 5.74) is 2.74. The molecular formula is C14H20N2. The highest BCUT2D eigenvalue weighted by Crippen LogP contribution is 2.42. The lowest BCUT2D eigenvalue weighted by atomic mass is 9.70. The summed E-state index contributed by atoms with van der Waals surface area (Å²) in [7, 11) is 0. The van der Waals surface area contributed by atoms with E-state index < -0.39 is 0 Å². The van der Waals surface area contributed by atoms with Gasteiger partial charge in [-0.05, 0) is 62.1 Å². The molecule has 2 saturated carbocycles. The van der Waals surface area contributed by atoms with Gasteiger partial charge in [0.1, 0.15) is 0 Å². The van der Waals surface area contributed by atoms with Crippen LogP contribution in [-0.4, -0.2) is 17.6 Å². The maximum atomic E-state index is 4.31. The molecule has 1 aromatic heterocycles. The standard InChI is InChI=1S/C14H20N2/c1-10-6-12(8-15-7-10)14-5-2-11(14)9-16-13-3-4-13/h6-8,11,13-14,16H,2-5,9H2,1H3. The Hall–Kier alpha value is -0.890. The van der Waals surface area contributed by atoms with E-state index in [2.05, 4.69) is 29.5 Å². The Morgan fingerprint density at radius 2 is 2.12 bits per heavy atom. The Kier molecular flexibility index (Phi) is 2.68. The topological polar surface area (TPSA) is 24.9 Å². The number of hydrogen-bond acceptors (Lipinski definition) is 2. The van der Waals surface area contributed by atoms with E-state index in [1.54, 1.807) is 0 Å². The molecule has 2 unspecified atom stereocenters. The van der Waals surface area contributed by atoms with E-state index in [1.165, 1.54) is 43.4 Å². The average molecular weight is 216 g/mol. The Balaban J connectivity index is 1.61. The zero-order valence-electron chi connectivity index (χ0n) is 9.95. The fourth-order valence-electron chi connectivity index (χ4n) is 2.64. The van der Waals surface area contributed by atoms with Crippen molar-refractivity contribution in [3.05, 3.63) is 29.6 Å². The van der Waals surface area contributed by atoms with Gasteiger partial charge in [-0.3, -0.25) is 4.98 Å². The zero-order chi connectivity index (χ0) is 11.0. The highest BCUT2D eigenvalue weighted by atomic mass is 14.9. The molecule has 0 bridgehead atoms. The minimum absolute atomic E-state index is 0.763. The van der Waals surface area contributed by atoms with Gasteiger partial charge in [-0.15, -0.1) is 0 Å². The Morgan fingerprint density at radius 3 is 2.75 bits per heavy atom. The molecule has 2 aliphatic rings. The molecule has 3 rings (SSSR count). The highest BCUT2D eigenvalue weighted by molar-refractivity contribution is 5.23. The summed E-state index contributed by atoms with van der Waals surface area (Å²) in [6.07, 6.45) is 9.52. The lowest BCUT2D eigenvalue weighted by Gasteiger charge is -2.37. The lowest BCUT2D eigenvalue weighted by Crippen LogP contribution is -2.34. The van der Waals surface area contributed by atoms with Crippen LogP contribution >= 0.6 is 0 Å². The Labute approximate surface area is 97.5 Å². The SMILES string of the molecule is Cc1cncc(C2CCC2CNC2CC2)c1. The summed E-state index contributed by atoms with van der Waals surface area (Å²) in [5.74, 6) is 1.61. The number of aryl methyl sites for hydroxylation is 1. The van der Waals surface area contributed by atoms with Crippen LogP contribution in [0.2, 0.25) is 0 Å². The van der Waals surface area contributed by atoms with Crippen LogP contribution in [-0.2, 0) is 0 Å². The lowest BCUT2D eigenvalue weighted by molar-refractivity contribution is 0.244. The molecule has 0 aliphatic heterocycles. The first-order chi connectivity index (χ1) is 7.83. The van der Waals surface area contributed by atoms with Crippen molar-refractivity contribution >= 4 is 0 Å². The molecule has 1 aromatic rings. The number of hydrogen-bond donors (Lipinski definition) is 1. The van der Waals surface area contributed by atoms with E-state index in [-0.39, 0.29) is 0 Å². The second-order valence-electron chi connectivity index (χ2n) is 5.42. The third-order valence-corrected chi connectivity index (χ3v) is 3.99. The fourth-order valence-corrected chi connectivity index (χ4v) is 2.64. The molecule has 0 amide bonds. The first-order valence-electron chi connectivity index (χ1n) is 6.48. The average Bonchev–Trinajstić information content (AvgIpc) is 3.00. The van der Waals surface area contributed by atoms with Gasteiger partial charge >= 0.3 is 0 Å². The molecule has 86 valence electrons. The Bertz CT molecular complexity index is 371. The summed E-state index contributed by atoms with van der Waals surface area (Å²) >= 11 is 0. The van der Waals surface area contributed by atoms with Crippen molar-refractivity contribution in [1.29, 1.82) is 0 Å². The van der Waals surface area contributed by atoms with Crippen LogP contribution in [0.15, 0.2) is 18.5 Å². The van der Waals surface area contributed by atoms with Crippen LogP contribution in [0.25, 0.3) is 0 Å². The van der Waals surface area contributed by atoms with Crippen LogP contribution in [0, 0.1) is 12.8 Å². The monoisotopic (exact) mass is 216 g/mol. The van der Waals surface area contributed by atoms with E-state index in [1.807, 2.05) is 6.20 Å². The van der Waals surface area contributed by atoms with Crippen molar-refractivity contribution in [3.63, 3.8) is 0 Å². The normalized spacial score (nSPS) is 28.8. The molecule has 0 radical (unpaired) electrons. The molecule has 2 heteroatoms. The molecule has 2 aliphatic carbocycles. The molecule has 2 atom stereocenters. The van der Waals surface area contributed by atoms with Gasteiger partial charge in [-0.1, -0.05) is 6.07 Å². The van der Waals surface area contributed by atoms with E-state index in [0.29, 0.717) is 0 Å². The molecule has 16 heavy (non-hydrogen) atoms. The third-order valence-electron chi connectivity index (χ3n) is 3.99. The van der Waals surface area contributed by atoms with E-state index in [9.17, 15) is 0 Å². The summed E-state index contributed by atoms with van der Waals surface area (Å²) in [5, 5.41) is 3.65. The molecule has 0 aromatic carbocycles. The number of nitrogens with zero attached hydrogens (tertiary/aromatic N) is 1. The molecule has 0 spiro atoms. The predicted molar refractivity (Wildman–Crippen MR) is 65.5 cm³/mol. The van der Waals surface area contributed by atoms with E-state index in [4.69, 9.17) is 0 Å². The summed E-state index contributed by atoms with van der Waals surface area (Å²) in [6, 6.07) is 3.15. The van der Waals surface area contributed by atoms with Gasteiger partial charge in [0.25, 0.3) is 0 Å². The largest absolute Gasteiger partial charge is 0.314 e. The van der Waals surface area contributed by atoms with Gasteiger partial charge in [0.05, 0.1) is 0 Å². The zero-order valence-corrected chi connectivity index (χ0v) is 9.95. The van der Waals surface area contributed by atoms with Crippen molar-refractivity contribution < 1.29 is 0 Å². The molecular weight excluding hydrogens is 196 g/mol. The molecule has 0 saturated heterocycles. The van der Waals surface area contributed by atoms with Crippen LogP contribution in [0.1, 0.15) is 42.7 Å². The number of pyridine rings is 1. The van der Waals surface area contributed by atoms with Gasteiger partial charge in [0.15, 0.2) is 0 Å². The minimum Gasteiger partial charge on any atom is -0.314 e. The van der Waals surface area contributed by atoms with E-state index >= 15 is 0 Å². The van der Waals surface area contributed by atoms with Crippen molar-refractivity contribution in [2.45, 2.75) is 44.6 Å². The van der Waals surface area contributed by atoms with Crippen molar-refractivity contribution in [2.24, 2.45) is 5.92 Å². The van der Waals surface area contributed by atoms with Gasteiger partial charge in [0, 0.05) is 18.4 Å². The van der Waals surface area contributed by atoms with Crippen LogP contribution in [0.3, 0.4) is 0 Å². The summed E-state index contributed by atoms with van der Waals surface area (Å²) in [6.45, 7) is 3.34. The first-order valence-corrected chi connectivity index (χ1v) is 6.48. The second kappa shape index (κ2) is 4.17. The van der Waals surface area contributed by atoms with Crippen molar-refractivity contribution in [3.8, 4) is 0 Å². The first kappa shape index (κ1) is 10.3. The molecule has 2 nitrogen and oxygen atoms in total. The van der Waals surface area contributed by atoms with Crippen LogP contribution in [0.5, 0.6) is 0 Å². The smallest absolute Gasteiger partial charge is 0.0303 e. The minimum atomic E-state index is 0.763.